The molecule has 0 radical (unpaired) electrons. The van der Waals surface area contributed by atoms with Crippen LogP contribution in [0.1, 0.15) is 11.3 Å². The van der Waals surface area contributed by atoms with Crippen molar-refractivity contribution in [1.29, 1.82) is 0 Å². The van der Waals surface area contributed by atoms with Crippen LogP contribution in [0.2, 0.25) is 0 Å². The molecular weight excluding hydrogens is 186 g/mol. The Morgan fingerprint density at radius 3 is 2.40 bits per heavy atom. The van der Waals surface area contributed by atoms with Crippen LogP contribution in [0.3, 0.4) is 0 Å². The molecular formula is C12H15N3. The van der Waals surface area contributed by atoms with E-state index in [0.717, 1.165) is 22.6 Å². The molecule has 0 aliphatic rings. The molecule has 78 valence electrons. The standard InChI is InChI=1S/C12H15N3/c1-9-8-15(2)12(14-9)11-5-3-10(7-13)4-6-11/h3-6,8H,7,13H2,1-2H3. The molecule has 15 heavy (non-hydrogen) atoms. The lowest BCUT2D eigenvalue weighted by Gasteiger charge is -2.02. The average Bonchev–Trinajstić information content (AvgIpc) is 2.58. The Kier molecular flexibility index (Phi) is 2.56. The van der Waals surface area contributed by atoms with E-state index in [0.29, 0.717) is 6.54 Å². The number of nitrogens with zero attached hydrogens (tertiary/aromatic N) is 2. The predicted molar refractivity (Wildman–Crippen MR) is 61.3 cm³/mol. The molecule has 0 saturated heterocycles. The zero-order valence-corrected chi connectivity index (χ0v) is 9.07. The minimum absolute atomic E-state index is 0.583. The van der Waals surface area contributed by atoms with Gasteiger partial charge >= 0.3 is 0 Å². The molecule has 2 N–H and O–H groups in total. The van der Waals surface area contributed by atoms with Crippen molar-refractivity contribution in [3.63, 3.8) is 0 Å². The molecule has 2 aromatic rings. The summed E-state index contributed by atoms with van der Waals surface area (Å²) >= 11 is 0. The maximum absolute atomic E-state index is 5.55. The molecule has 0 saturated carbocycles. The monoisotopic (exact) mass is 201 g/mol. The number of benzene rings is 1. The molecule has 1 heterocycles. The van der Waals surface area contributed by atoms with Crippen LogP contribution in [-0.2, 0) is 13.6 Å². The number of imidazole rings is 1. The number of hydrogen-bond donors (Lipinski definition) is 1. The van der Waals surface area contributed by atoms with Gasteiger partial charge < -0.3 is 10.3 Å². The summed E-state index contributed by atoms with van der Waals surface area (Å²) in [5.41, 5.74) is 8.86. The number of hydrogen-bond acceptors (Lipinski definition) is 2. The van der Waals surface area contributed by atoms with Crippen molar-refractivity contribution >= 4 is 0 Å². The zero-order chi connectivity index (χ0) is 10.8. The minimum Gasteiger partial charge on any atom is -0.334 e. The highest BCUT2D eigenvalue weighted by Gasteiger charge is 2.04. The molecule has 2 rings (SSSR count). The summed E-state index contributed by atoms with van der Waals surface area (Å²) in [5.74, 6) is 0.996. The summed E-state index contributed by atoms with van der Waals surface area (Å²) in [6.07, 6.45) is 2.02. The normalized spacial score (nSPS) is 10.6. The van der Waals surface area contributed by atoms with Gasteiger partial charge in [0.1, 0.15) is 5.82 Å². The molecule has 0 unspecified atom stereocenters. The van der Waals surface area contributed by atoms with E-state index in [1.165, 1.54) is 0 Å². The van der Waals surface area contributed by atoms with Gasteiger partial charge in [0.15, 0.2) is 0 Å². The Hall–Kier alpha value is -1.61. The molecule has 3 heteroatoms. The summed E-state index contributed by atoms with van der Waals surface area (Å²) in [6, 6.07) is 8.20. The van der Waals surface area contributed by atoms with Gasteiger partial charge in [-0.25, -0.2) is 4.98 Å². The molecule has 0 spiro atoms. The van der Waals surface area contributed by atoms with Crippen LogP contribution in [0.5, 0.6) is 0 Å². The van der Waals surface area contributed by atoms with Crippen molar-refractivity contribution in [3.8, 4) is 11.4 Å². The van der Waals surface area contributed by atoms with E-state index >= 15 is 0 Å². The second-order valence-electron chi connectivity index (χ2n) is 3.72. The van der Waals surface area contributed by atoms with E-state index in [1.54, 1.807) is 0 Å². The van der Waals surface area contributed by atoms with E-state index in [-0.39, 0.29) is 0 Å². The largest absolute Gasteiger partial charge is 0.334 e. The number of aromatic nitrogens is 2. The van der Waals surface area contributed by atoms with Gasteiger partial charge in [0.25, 0.3) is 0 Å². The Morgan fingerprint density at radius 1 is 1.27 bits per heavy atom. The van der Waals surface area contributed by atoms with Crippen LogP contribution >= 0.6 is 0 Å². The van der Waals surface area contributed by atoms with Gasteiger partial charge in [-0.1, -0.05) is 24.3 Å². The number of rotatable bonds is 2. The van der Waals surface area contributed by atoms with Crippen molar-refractivity contribution < 1.29 is 0 Å². The summed E-state index contributed by atoms with van der Waals surface area (Å²) < 4.78 is 2.03. The zero-order valence-electron chi connectivity index (χ0n) is 9.07. The first kappa shape index (κ1) is 9.93. The van der Waals surface area contributed by atoms with E-state index in [1.807, 2.05) is 36.9 Å². The third-order valence-corrected chi connectivity index (χ3v) is 2.44. The third-order valence-electron chi connectivity index (χ3n) is 2.44. The fourth-order valence-electron chi connectivity index (χ4n) is 1.67. The van der Waals surface area contributed by atoms with Gasteiger partial charge in [-0.2, -0.15) is 0 Å². The van der Waals surface area contributed by atoms with Gasteiger partial charge in [0.05, 0.1) is 5.69 Å². The molecule has 3 nitrogen and oxygen atoms in total. The second-order valence-corrected chi connectivity index (χ2v) is 3.72. The highest BCUT2D eigenvalue weighted by atomic mass is 15.0. The second kappa shape index (κ2) is 3.87. The Balaban J connectivity index is 2.41. The lowest BCUT2D eigenvalue weighted by atomic mass is 10.1. The molecule has 0 aliphatic carbocycles. The highest BCUT2D eigenvalue weighted by molar-refractivity contribution is 5.56. The van der Waals surface area contributed by atoms with Crippen molar-refractivity contribution in [2.75, 3.05) is 0 Å². The van der Waals surface area contributed by atoms with Crippen LogP contribution < -0.4 is 5.73 Å². The van der Waals surface area contributed by atoms with Gasteiger partial charge in [0, 0.05) is 25.4 Å². The first-order chi connectivity index (χ1) is 7.20. The topological polar surface area (TPSA) is 43.8 Å². The van der Waals surface area contributed by atoms with Crippen LogP contribution in [0.25, 0.3) is 11.4 Å². The fraction of sp³-hybridized carbons (Fsp3) is 0.250. The van der Waals surface area contributed by atoms with Crippen LogP contribution in [0.15, 0.2) is 30.5 Å². The van der Waals surface area contributed by atoms with Gasteiger partial charge in [-0.05, 0) is 12.5 Å². The first-order valence-electron chi connectivity index (χ1n) is 5.00. The van der Waals surface area contributed by atoms with Gasteiger partial charge in [-0.15, -0.1) is 0 Å². The maximum Gasteiger partial charge on any atom is 0.139 e. The van der Waals surface area contributed by atoms with E-state index in [4.69, 9.17) is 5.73 Å². The molecule has 0 atom stereocenters. The lowest BCUT2D eigenvalue weighted by Crippen LogP contribution is -1.96. The van der Waals surface area contributed by atoms with E-state index < -0.39 is 0 Å². The third kappa shape index (κ3) is 1.92. The summed E-state index contributed by atoms with van der Waals surface area (Å²) in [7, 11) is 2.01. The lowest BCUT2D eigenvalue weighted by molar-refractivity contribution is 0.923. The Bertz CT molecular complexity index is 454. The Morgan fingerprint density at radius 2 is 1.93 bits per heavy atom. The van der Waals surface area contributed by atoms with E-state index in [2.05, 4.69) is 17.1 Å². The van der Waals surface area contributed by atoms with Crippen LogP contribution in [0.4, 0.5) is 0 Å². The van der Waals surface area contributed by atoms with Crippen molar-refractivity contribution in [3.05, 3.63) is 41.7 Å². The average molecular weight is 201 g/mol. The first-order valence-corrected chi connectivity index (χ1v) is 5.00. The quantitative estimate of drug-likeness (QED) is 0.806. The fourth-order valence-corrected chi connectivity index (χ4v) is 1.67. The molecule has 1 aromatic heterocycles. The smallest absolute Gasteiger partial charge is 0.139 e. The molecule has 0 fully saturated rings. The molecule has 1 aromatic carbocycles. The number of aryl methyl sites for hydroxylation is 2. The van der Waals surface area contributed by atoms with Crippen molar-refractivity contribution in [2.45, 2.75) is 13.5 Å². The van der Waals surface area contributed by atoms with Crippen molar-refractivity contribution in [1.82, 2.24) is 9.55 Å². The summed E-state index contributed by atoms with van der Waals surface area (Å²) in [4.78, 5) is 4.47. The Labute approximate surface area is 89.6 Å². The minimum atomic E-state index is 0.583. The molecule has 0 aliphatic heterocycles. The van der Waals surface area contributed by atoms with Crippen LogP contribution in [0, 0.1) is 6.92 Å². The molecule has 0 bridgehead atoms. The summed E-state index contributed by atoms with van der Waals surface area (Å²) in [5, 5.41) is 0. The maximum atomic E-state index is 5.55. The van der Waals surface area contributed by atoms with Crippen molar-refractivity contribution in [2.24, 2.45) is 12.8 Å². The highest BCUT2D eigenvalue weighted by Crippen LogP contribution is 2.18. The van der Waals surface area contributed by atoms with E-state index in [9.17, 15) is 0 Å². The summed E-state index contributed by atoms with van der Waals surface area (Å²) in [6.45, 7) is 2.58. The SMILES string of the molecule is Cc1cn(C)c(-c2ccc(CN)cc2)n1. The van der Waals surface area contributed by atoms with Gasteiger partial charge in [0.2, 0.25) is 0 Å². The predicted octanol–water partition coefficient (Wildman–Crippen LogP) is 1.85. The van der Waals surface area contributed by atoms with Gasteiger partial charge in [-0.3, -0.25) is 0 Å². The molecule has 0 amide bonds. The number of nitrogens with two attached hydrogens (primary N) is 1. The van der Waals surface area contributed by atoms with Crippen LogP contribution in [-0.4, -0.2) is 9.55 Å².